The van der Waals surface area contributed by atoms with Gasteiger partial charge in [0, 0.05) is 19.7 Å². The van der Waals surface area contributed by atoms with Gasteiger partial charge in [-0.3, -0.25) is 4.79 Å². The number of nitrogens with zero attached hydrogens (tertiary/aromatic N) is 3. The minimum atomic E-state index is -4.00. The highest BCUT2D eigenvalue weighted by Gasteiger charge is 2.39. The number of hydrogen-bond donors (Lipinski definition) is 0. The molecule has 36 heavy (non-hydrogen) atoms. The van der Waals surface area contributed by atoms with E-state index in [9.17, 15) is 22.4 Å². The molecule has 2 aromatic carbocycles. The predicted octanol–water partition coefficient (Wildman–Crippen LogP) is 2.95. The standard InChI is InChI=1S/C24H26FN3O6S2/c1-3-34-14-13-27-19-11-6-16(23(30)33-2)15-21(19)35-24(27)26-22(29)20-5-4-12-28(20)36(31,32)18-9-7-17(25)8-10-18/h6-11,15,20H,3-5,12-14H2,1-2H3. The summed E-state index contributed by atoms with van der Waals surface area (Å²) in [6.45, 7) is 3.38. The highest BCUT2D eigenvalue weighted by molar-refractivity contribution is 7.89. The molecule has 2 heterocycles. The minimum Gasteiger partial charge on any atom is -0.465 e. The van der Waals surface area contributed by atoms with E-state index in [4.69, 9.17) is 9.47 Å². The third-order valence-electron chi connectivity index (χ3n) is 5.88. The van der Waals surface area contributed by atoms with Crippen LogP contribution in [0.25, 0.3) is 10.2 Å². The van der Waals surface area contributed by atoms with Crippen molar-refractivity contribution in [1.82, 2.24) is 8.87 Å². The lowest BCUT2D eigenvalue weighted by Gasteiger charge is -2.21. The van der Waals surface area contributed by atoms with Gasteiger partial charge < -0.3 is 14.0 Å². The maximum absolute atomic E-state index is 13.3. The number of carbonyl (C=O) groups excluding carboxylic acids is 2. The molecule has 1 unspecified atom stereocenters. The number of amides is 1. The molecule has 1 aromatic heterocycles. The fourth-order valence-corrected chi connectivity index (χ4v) is 6.86. The molecule has 0 radical (unpaired) electrons. The van der Waals surface area contributed by atoms with Gasteiger partial charge in [-0.05, 0) is 62.2 Å². The molecule has 4 rings (SSSR count). The third-order valence-corrected chi connectivity index (χ3v) is 8.85. The molecule has 0 bridgehead atoms. The van der Waals surface area contributed by atoms with Crippen LogP contribution >= 0.6 is 11.3 Å². The van der Waals surface area contributed by atoms with Crippen LogP contribution in [0.15, 0.2) is 52.4 Å². The SMILES string of the molecule is CCOCCn1c(=NC(=O)C2CCCN2S(=O)(=O)c2ccc(F)cc2)sc2cc(C(=O)OC)ccc21. The Balaban J connectivity index is 1.71. The van der Waals surface area contributed by atoms with Crippen molar-refractivity contribution in [3.05, 3.63) is 58.6 Å². The highest BCUT2D eigenvalue weighted by atomic mass is 32.2. The number of esters is 1. The van der Waals surface area contributed by atoms with E-state index in [0.29, 0.717) is 43.0 Å². The molecular weight excluding hydrogens is 509 g/mol. The van der Waals surface area contributed by atoms with Gasteiger partial charge >= 0.3 is 5.97 Å². The largest absolute Gasteiger partial charge is 0.465 e. The Hall–Kier alpha value is -2.93. The van der Waals surface area contributed by atoms with Crippen LogP contribution in [0.2, 0.25) is 0 Å². The van der Waals surface area contributed by atoms with Gasteiger partial charge in [0.15, 0.2) is 4.80 Å². The second kappa shape index (κ2) is 11.0. The summed E-state index contributed by atoms with van der Waals surface area (Å²) in [6, 6.07) is 8.63. The van der Waals surface area contributed by atoms with Crippen molar-refractivity contribution in [2.24, 2.45) is 4.99 Å². The molecule has 1 amide bonds. The number of rotatable bonds is 8. The number of ether oxygens (including phenoxy) is 2. The van der Waals surface area contributed by atoms with Gasteiger partial charge in [0.05, 0.1) is 34.4 Å². The Kier molecular flexibility index (Phi) is 7.98. The van der Waals surface area contributed by atoms with Crippen molar-refractivity contribution in [2.75, 3.05) is 26.9 Å². The van der Waals surface area contributed by atoms with E-state index in [-0.39, 0.29) is 11.4 Å². The van der Waals surface area contributed by atoms with Crippen LogP contribution in [0.4, 0.5) is 4.39 Å². The maximum atomic E-state index is 13.3. The van der Waals surface area contributed by atoms with Crippen molar-refractivity contribution in [1.29, 1.82) is 0 Å². The Bertz CT molecular complexity index is 1450. The second-order valence-corrected chi connectivity index (χ2v) is 11.0. The number of sulfonamides is 1. The van der Waals surface area contributed by atoms with Gasteiger partial charge in [0.1, 0.15) is 11.9 Å². The average molecular weight is 536 g/mol. The zero-order chi connectivity index (χ0) is 25.9. The van der Waals surface area contributed by atoms with Crippen LogP contribution < -0.4 is 4.80 Å². The Morgan fingerprint density at radius 3 is 2.64 bits per heavy atom. The Labute approximate surface area is 211 Å². The van der Waals surface area contributed by atoms with Crippen LogP contribution in [-0.4, -0.2) is 62.1 Å². The normalized spacial score (nSPS) is 17.1. The van der Waals surface area contributed by atoms with Crippen molar-refractivity contribution in [2.45, 2.75) is 37.2 Å². The first-order valence-electron chi connectivity index (χ1n) is 11.4. The minimum absolute atomic E-state index is 0.0763. The molecule has 1 saturated heterocycles. The van der Waals surface area contributed by atoms with Crippen LogP contribution in [0.3, 0.4) is 0 Å². The first kappa shape index (κ1) is 26.1. The van der Waals surface area contributed by atoms with Crippen LogP contribution in [0.1, 0.15) is 30.1 Å². The summed E-state index contributed by atoms with van der Waals surface area (Å²) in [7, 11) is -2.70. The van der Waals surface area contributed by atoms with Crippen LogP contribution in [0, 0.1) is 5.82 Å². The fraction of sp³-hybridized carbons (Fsp3) is 0.375. The summed E-state index contributed by atoms with van der Waals surface area (Å²) in [5.74, 6) is -1.61. The summed E-state index contributed by atoms with van der Waals surface area (Å²) in [5, 5.41) is 0. The van der Waals surface area contributed by atoms with Gasteiger partial charge in [-0.1, -0.05) is 11.3 Å². The molecule has 192 valence electrons. The monoisotopic (exact) mass is 535 g/mol. The first-order valence-corrected chi connectivity index (χ1v) is 13.7. The van der Waals surface area contributed by atoms with Crippen LogP contribution in [-0.2, 0) is 30.8 Å². The average Bonchev–Trinajstić information content (AvgIpc) is 3.49. The molecule has 3 aromatic rings. The van der Waals surface area contributed by atoms with E-state index < -0.39 is 33.8 Å². The smallest absolute Gasteiger partial charge is 0.337 e. The van der Waals surface area contributed by atoms with Gasteiger partial charge in [0.25, 0.3) is 5.91 Å². The number of carbonyl (C=O) groups is 2. The molecule has 0 spiro atoms. The highest BCUT2D eigenvalue weighted by Crippen LogP contribution is 2.27. The molecule has 1 aliphatic rings. The molecule has 0 aliphatic carbocycles. The lowest BCUT2D eigenvalue weighted by molar-refractivity contribution is -0.121. The molecular formula is C24H26FN3O6S2. The van der Waals surface area contributed by atoms with E-state index in [2.05, 4.69) is 4.99 Å². The number of halogens is 1. The first-order chi connectivity index (χ1) is 17.3. The lowest BCUT2D eigenvalue weighted by Crippen LogP contribution is -2.40. The second-order valence-electron chi connectivity index (χ2n) is 8.09. The van der Waals surface area contributed by atoms with E-state index in [0.717, 1.165) is 26.7 Å². The number of fused-ring (bicyclic) bond motifs is 1. The van der Waals surface area contributed by atoms with E-state index in [1.165, 1.54) is 30.6 Å². The quantitative estimate of drug-likeness (QED) is 0.324. The van der Waals surface area contributed by atoms with Crippen molar-refractivity contribution in [3.8, 4) is 0 Å². The summed E-state index contributed by atoms with van der Waals surface area (Å²) >= 11 is 1.22. The number of methoxy groups -OCH3 is 1. The molecule has 0 saturated carbocycles. The van der Waals surface area contributed by atoms with Gasteiger partial charge in [0.2, 0.25) is 10.0 Å². The molecule has 12 heteroatoms. The van der Waals surface area contributed by atoms with Crippen molar-refractivity contribution in [3.63, 3.8) is 0 Å². The number of hydrogen-bond acceptors (Lipinski definition) is 7. The summed E-state index contributed by atoms with van der Waals surface area (Å²) < 4.78 is 53.6. The number of aromatic nitrogens is 1. The van der Waals surface area contributed by atoms with E-state index >= 15 is 0 Å². The van der Waals surface area contributed by atoms with E-state index in [1.807, 2.05) is 11.5 Å². The topological polar surface area (TPSA) is 107 Å². The van der Waals surface area contributed by atoms with Gasteiger partial charge in [-0.15, -0.1) is 0 Å². The van der Waals surface area contributed by atoms with Crippen molar-refractivity contribution < 1.29 is 31.9 Å². The number of benzene rings is 2. The zero-order valence-electron chi connectivity index (χ0n) is 19.8. The maximum Gasteiger partial charge on any atom is 0.337 e. The Morgan fingerprint density at radius 1 is 1.19 bits per heavy atom. The molecule has 9 nitrogen and oxygen atoms in total. The fourth-order valence-electron chi connectivity index (χ4n) is 4.11. The Morgan fingerprint density at radius 2 is 1.94 bits per heavy atom. The third kappa shape index (κ3) is 5.26. The summed E-state index contributed by atoms with van der Waals surface area (Å²) in [5.41, 5.74) is 1.13. The lowest BCUT2D eigenvalue weighted by atomic mass is 10.2. The van der Waals surface area contributed by atoms with Gasteiger partial charge in [-0.25, -0.2) is 17.6 Å². The molecule has 1 fully saturated rings. The molecule has 1 atom stereocenters. The summed E-state index contributed by atoms with van der Waals surface area (Å²) in [6.07, 6.45) is 0.838. The predicted molar refractivity (Wildman–Crippen MR) is 132 cm³/mol. The van der Waals surface area contributed by atoms with Crippen LogP contribution in [0.5, 0.6) is 0 Å². The number of thiazole rings is 1. The van der Waals surface area contributed by atoms with Gasteiger partial charge in [-0.2, -0.15) is 9.30 Å². The van der Waals surface area contributed by atoms with Crippen molar-refractivity contribution >= 4 is 43.5 Å². The zero-order valence-corrected chi connectivity index (χ0v) is 21.5. The van der Waals surface area contributed by atoms with E-state index in [1.54, 1.807) is 18.2 Å². The molecule has 0 N–H and O–H groups in total. The summed E-state index contributed by atoms with van der Waals surface area (Å²) in [4.78, 5) is 29.9. The molecule has 1 aliphatic heterocycles.